The van der Waals surface area contributed by atoms with Crippen molar-refractivity contribution in [3.63, 3.8) is 0 Å². The van der Waals surface area contributed by atoms with Gasteiger partial charge in [-0.05, 0) is 48.7 Å². The lowest BCUT2D eigenvalue weighted by Gasteiger charge is -2.29. The van der Waals surface area contributed by atoms with Crippen LogP contribution in [0, 0.1) is 12.3 Å². The maximum absolute atomic E-state index is 12.5. The minimum absolute atomic E-state index is 0.207. The van der Waals surface area contributed by atoms with E-state index in [1.807, 2.05) is 0 Å². The maximum atomic E-state index is 12.5. The molecule has 1 aromatic carbocycles. The Balaban J connectivity index is 1.88. The zero-order valence-electron chi connectivity index (χ0n) is 12.9. The van der Waals surface area contributed by atoms with Crippen molar-refractivity contribution in [2.75, 3.05) is 21.9 Å². The topological polar surface area (TPSA) is 79.6 Å². The number of aryl methyl sites for hydroxylation is 1. The first-order chi connectivity index (χ1) is 11.5. The van der Waals surface area contributed by atoms with Crippen molar-refractivity contribution in [1.29, 1.82) is 0 Å². The summed E-state index contributed by atoms with van der Waals surface area (Å²) in [5, 5.41) is 0. The second-order valence-corrected chi connectivity index (χ2v) is 7.17. The molecule has 0 saturated heterocycles. The van der Waals surface area contributed by atoms with E-state index in [2.05, 4.69) is 10.6 Å². The summed E-state index contributed by atoms with van der Waals surface area (Å²) >= 11 is 0. The van der Waals surface area contributed by atoms with E-state index in [-0.39, 0.29) is 17.4 Å². The van der Waals surface area contributed by atoms with Crippen LogP contribution in [-0.4, -0.2) is 26.6 Å². The number of terminal acetylenes is 1. The highest BCUT2D eigenvalue weighted by molar-refractivity contribution is 7.92. The number of hydrogen-bond acceptors (Lipinski definition) is 4. The molecule has 24 heavy (non-hydrogen) atoms. The summed E-state index contributed by atoms with van der Waals surface area (Å²) in [6, 6.07) is 8.40. The summed E-state index contributed by atoms with van der Waals surface area (Å²) in [5.74, 6) is 1.81. The Bertz CT molecular complexity index is 895. The van der Waals surface area contributed by atoms with Crippen molar-refractivity contribution in [2.45, 2.75) is 12.8 Å². The highest BCUT2D eigenvalue weighted by Crippen LogP contribution is 2.31. The fourth-order valence-corrected chi connectivity index (χ4v) is 3.51. The van der Waals surface area contributed by atoms with Crippen molar-refractivity contribution >= 4 is 27.3 Å². The van der Waals surface area contributed by atoms with Gasteiger partial charge in [-0.15, -0.1) is 6.42 Å². The Kier molecular flexibility index (Phi) is 4.32. The second kappa shape index (κ2) is 6.42. The molecule has 1 N–H and O–H groups in total. The molecule has 1 amide bonds. The van der Waals surface area contributed by atoms with E-state index < -0.39 is 10.0 Å². The number of nitrogens with zero attached hydrogens (tertiary/aromatic N) is 1. The number of fused-ring (bicyclic) bond motifs is 1. The molecule has 7 heteroatoms. The lowest BCUT2D eigenvalue weighted by atomic mass is 10.0. The third-order valence-corrected chi connectivity index (χ3v) is 4.82. The Morgan fingerprint density at radius 3 is 2.92 bits per heavy atom. The van der Waals surface area contributed by atoms with Crippen molar-refractivity contribution < 1.29 is 17.6 Å². The van der Waals surface area contributed by atoms with Gasteiger partial charge in [-0.2, -0.15) is 0 Å². The number of furan rings is 1. The second-order valence-electron chi connectivity index (χ2n) is 5.45. The number of rotatable bonds is 4. The van der Waals surface area contributed by atoms with E-state index in [0.29, 0.717) is 12.2 Å². The molecule has 0 aliphatic carbocycles. The molecule has 0 fully saturated rings. The van der Waals surface area contributed by atoms with E-state index >= 15 is 0 Å². The third-order valence-electron chi connectivity index (χ3n) is 3.72. The van der Waals surface area contributed by atoms with Crippen molar-refractivity contribution in [1.82, 2.24) is 0 Å². The molecule has 6 nitrogen and oxygen atoms in total. The van der Waals surface area contributed by atoms with Crippen LogP contribution in [-0.2, 0) is 16.4 Å². The molecule has 3 rings (SSSR count). The number of carbonyl (C=O) groups is 1. The Hall–Kier alpha value is -2.72. The molecule has 1 aliphatic rings. The van der Waals surface area contributed by atoms with Gasteiger partial charge in [0.2, 0.25) is 10.0 Å². The highest BCUT2D eigenvalue weighted by Gasteiger charge is 2.25. The van der Waals surface area contributed by atoms with E-state index in [1.165, 1.54) is 6.26 Å². The average molecular weight is 344 g/mol. The minimum atomic E-state index is -3.56. The highest BCUT2D eigenvalue weighted by atomic mass is 32.2. The molecule has 1 aromatic heterocycles. The molecule has 0 radical (unpaired) electrons. The van der Waals surface area contributed by atoms with Crippen LogP contribution in [0.5, 0.6) is 0 Å². The number of nitrogens with one attached hydrogen (secondary N) is 1. The summed E-state index contributed by atoms with van der Waals surface area (Å²) in [7, 11) is -3.56. The van der Waals surface area contributed by atoms with E-state index in [1.54, 1.807) is 35.2 Å². The summed E-state index contributed by atoms with van der Waals surface area (Å²) in [6.45, 7) is 0.592. The van der Waals surface area contributed by atoms with Gasteiger partial charge >= 0.3 is 0 Å². The summed E-state index contributed by atoms with van der Waals surface area (Å²) in [6.07, 6.45) is 8.07. The molecule has 2 aromatic rings. The first-order valence-corrected chi connectivity index (χ1v) is 9.07. The van der Waals surface area contributed by atoms with Gasteiger partial charge in [0.25, 0.3) is 5.91 Å². The zero-order valence-corrected chi connectivity index (χ0v) is 13.7. The predicted molar refractivity (Wildman–Crippen MR) is 91.4 cm³/mol. The first-order valence-electron chi connectivity index (χ1n) is 7.42. The van der Waals surface area contributed by atoms with Crippen LogP contribution in [0.15, 0.2) is 41.0 Å². The van der Waals surface area contributed by atoms with E-state index in [0.717, 1.165) is 24.1 Å². The molecule has 1 aliphatic heterocycles. The van der Waals surface area contributed by atoms with Crippen molar-refractivity contribution in [3.8, 4) is 12.3 Å². The predicted octanol–water partition coefficient (Wildman–Crippen LogP) is 2.25. The molecule has 2 heterocycles. The van der Waals surface area contributed by atoms with Gasteiger partial charge in [0, 0.05) is 17.9 Å². The van der Waals surface area contributed by atoms with Crippen LogP contribution < -0.4 is 9.62 Å². The van der Waals surface area contributed by atoms with Gasteiger partial charge in [-0.25, -0.2) is 8.42 Å². The maximum Gasteiger partial charge on any atom is 0.293 e. The minimum Gasteiger partial charge on any atom is -0.459 e. The van der Waals surface area contributed by atoms with Gasteiger partial charge in [0.05, 0.1) is 6.26 Å². The Labute approximate surface area is 140 Å². The van der Waals surface area contributed by atoms with Crippen molar-refractivity contribution in [3.05, 3.63) is 47.9 Å². The monoisotopic (exact) mass is 344 g/mol. The van der Waals surface area contributed by atoms with Crippen LogP contribution in [0.2, 0.25) is 0 Å². The third kappa shape index (κ3) is 3.29. The Morgan fingerprint density at radius 1 is 1.38 bits per heavy atom. The molecule has 0 saturated carbocycles. The summed E-state index contributed by atoms with van der Waals surface area (Å²) < 4.78 is 31.2. The van der Waals surface area contributed by atoms with Crippen molar-refractivity contribution in [2.24, 2.45) is 0 Å². The molecule has 0 atom stereocenters. The molecule has 124 valence electrons. The fraction of sp³-hybridized carbons (Fsp3) is 0.235. The van der Waals surface area contributed by atoms with Gasteiger partial charge in [-0.1, -0.05) is 5.92 Å². The van der Waals surface area contributed by atoms with E-state index in [4.69, 9.17) is 10.8 Å². The van der Waals surface area contributed by atoms with Gasteiger partial charge < -0.3 is 9.32 Å². The standard InChI is InChI=1S/C17H16N2O4S/c1-2-11-24(21,22)18-14-7-8-15-13(12-14)5-3-9-19(15)17(20)16-6-4-10-23-16/h1,4,6-8,10,12,18H,3,5,9,11H2. The molecule has 0 unspecified atom stereocenters. The Morgan fingerprint density at radius 2 is 2.21 bits per heavy atom. The lowest BCUT2D eigenvalue weighted by molar-refractivity contribution is 0.0958. The fourth-order valence-electron chi connectivity index (χ4n) is 2.73. The average Bonchev–Trinajstić information content (AvgIpc) is 3.07. The summed E-state index contributed by atoms with van der Waals surface area (Å²) in [5.41, 5.74) is 2.11. The molecule has 0 spiro atoms. The van der Waals surface area contributed by atoms with Crippen LogP contribution in [0.1, 0.15) is 22.5 Å². The smallest absolute Gasteiger partial charge is 0.293 e. The number of carbonyl (C=O) groups excluding carboxylic acids is 1. The molecule has 0 bridgehead atoms. The number of hydrogen-bond donors (Lipinski definition) is 1. The van der Waals surface area contributed by atoms with Crippen LogP contribution in [0.4, 0.5) is 11.4 Å². The van der Waals surface area contributed by atoms with Crippen LogP contribution >= 0.6 is 0 Å². The van der Waals surface area contributed by atoms with Crippen LogP contribution in [0.25, 0.3) is 0 Å². The number of sulfonamides is 1. The molecular formula is C17H16N2O4S. The number of amides is 1. The lowest BCUT2D eigenvalue weighted by Crippen LogP contribution is -2.35. The zero-order chi connectivity index (χ0) is 17.2. The largest absolute Gasteiger partial charge is 0.459 e. The summed E-state index contributed by atoms with van der Waals surface area (Å²) in [4.78, 5) is 14.2. The van der Waals surface area contributed by atoms with Gasteiger partial charge in [-0.3, -0.25) is 9.52 Å². The quantitative estimate of drug-likeness (QED) is 0.863. The number of benzene rings is 1. The van der Waals surface area contributed by atoms with Crippen LogP contribution in [0.3, 0.4) is 0 Å². The van der Waals surface area contributed by atoms with E-state index in [9.17, 15) is 13.2 Å². The van der Waals surface area contributed by atoms with Gasteiger partial charge in [0.1, 0.15) is 5.75 Å². The normalized spacial score (nSPS) is 13.9. The van der Waals surface area contributed by atoms with Gasteiger partial charge in [0.15, 0.2) is 5.76 Å². The first kappa shape index (κ1) is 16.1. The SMILES string of the molecule is C#CCS(=O)(=O)Nc1ccc2c(c1)CCCN2C(=O)c1ccco1. The number of anilines is 2. The molecular weight excluding hydrogens is 328 g/mol.